The van der Waals surface area contributed by atoms with Gasteiger partial charge in [-0.15, -0.1) is 0 Å². The summed E-state index contributed by atoms with van der Waals surface area (Å²) in [6, 6.07) is 4.87. The van der Waals surface area contributed by atoms with Gasteiger partial charge in [-0.25, -0.2) is 4.39 Å². The molecule has 0 heterocycles. The lowest BCUT2D eigenvalue weighted by Crippen LogP contribution is -2.34. The van der Waals surface area contributed by atoms with Gasteiger partial charge in [0, 0.05) is 18.0 Å². The second kappa shape index (κ2) is 6.14. The first kappa shape index (κ1) is 14.2. The van der Waals surface area contributed by atoms with Crippen molar-refractivity contribution in [2.45, 2.75) is 32.9 Å². The first-order valence-corrected chi connectivity index (χ1v) is 5.80. The molecule has 1 aromatic rings. The Morgan fingerprint density at radius 1 is 1.41 bits per heavy atom. The first-order valence-electron chi connectivity index (χ1n) is 5.80. The maximum atomic E-state index is 13.2. The van der Waals surface area contributed by atoms with Crippen LogP contribution >= 0.6 is 0 Å². The zero-order valence-electron chi connectivity index (χ0n) is 10.5. The second-order valence-electron chi connectivity index (χ2n) is 4.40. The highest BCUT2D eigenvalue weighted by Gasteiger charge is 2.17. The number of hydrogen-bond acceptors (Lipinski definition) is 3. The fourth-order valence-electron chi connectivity index (χ4n) is 1.64. The second-order valence-corrected chi connectivity index (χ2v) is 4.40. The Balaban J connectivity index is 2.82. The lowest BCUT2D eigenvalue weighted by molar-refractivity contribution is 0.244. The molecule has 0 bridgehead atoms. The Morgan fingerprint density at radius 3 is 2.59 bits per heavy atom. The quantitative estimate of drug-likeness (QED) is 0.744. The molecule has 1 rings (SSSR count). The molecule has 0 fully saturated rings. The Labute approximate surface area is 102 Å². The minimum absolute atomic E-state index is 0.0694. The number of benzene rings is 1. The van der Waals surface area contributed by atoms with Crippen molar-refractivity contribution in [3.8, 4) is 0 Å². The van der Waals surface area contributed by atoms with Gasteiger partial charge in [0.1, 0.15) is 5.82 Å². The van der Waals surface area contributed by atoms with Crippen molar-refractivity contribution in [2.24, 2.45) is 0 Å². The van der Waals surface area contributed by atoms with Crippen molar-refractivity contribution < 1.29 is 14.4 Å². The summed E-state index contributed by atoms with van der Waals surface area (Å²) >= 11 is 0. The minimum atomic E-state index is -1.76. The van der Waals surface area contributed by atoms with E-state index in [0.717, 1.165) is 12.0 Å². The molecular formula is C12H19BFNO2. The van der Waals surface area contributed by atoms with Crippen LogP contribution < -0.4 is 5.46 Å². The van der Waals surface area contributed by atoms with Gasteiger partial charge in [-0.3, -0.25) is 4.90 Å². The van der Waals surface area contributed by atoms with Crippen molar-refractivity contribution in [3.63, 3.8) is 0 Å². The largest absolute Gasteiger partial charge is 0.491 e. The van der Waals surface area contributed by atoms with Crippen LogP contribution in [0.2, 0.25) is 0 Å². The molecule has 0 amide bonds. The van der Waals surface area contributed by atoms with Crippen LogP contribution in [0.5, 0.6) is 0 Å². The maximum Gasteiger partial charge on any atom is 0.491 e. The van der Waals surface area contributed by atoms with Gasteiger partial charge < -0.3 is 10.0 Å². The third kappa shape index (κ3) is 3.80. The summed E-state index contributed by atoms with van der Waals surface area (Å²) in [5.41, 5.74) is 0.803. The van der Waals surface area contributed by atoms with Crippen LogP contribution in [0.4, 0.5) is 4.39 Å². The molecule has 0 aliphatic carbocycles. The van der Waals surface area contributed by atoms with Crippen LogP contribution in [-0.4, -0.2) is 35.2 Å². The van der Waals surface area contributed by atoms with Gasteiger partial charge >= 0.3 is 7.12 Å². The molecule has 0 saturated heterocycles. The van der Waals surface area contributed by atoms with Crippen molar-refractivity contribution in [1.29, 1.82) is 0 Å². The van der Waals surface area contributed by atoms with Gasteiger partial charge in [-0.1, -0.05) is 19.1 Å². The summed E-state index contributed by atoms with van der Waals surface area (Å²) in [6.45, 7) is 4.88. The van der Waals surface area contributed by atoms with E-state index in [9.17, 15) is 4.39 Å². The van der Waals surface area contributed by atoms with Crippen molar-refractivity contribution >= 4 is 12.6 Å². The average Bonchev–Trinajstić information content (AvgIpc) is 2.30. The van der Waals surface area contributed by atoms with Gasteiger partial charge in [0.05, 0.1) is 0 Å². The maximum absolute atomic E-state index is 13.2. The number of nitrogens with zero attached hydrogens (tertiary/aromatic N) is 1. The molecule has 0 aliphatic rings. The smallest absolute Gasteiger partial charge is 0.423 e. The van der Waals surface area contributed by atoms with Crippen LogP contribution in [0, 0.1) is 5.82 Å². The standard InChI is InChI=1S/C12H19BFNO2/c1-4-9(2)15(3)8-10-5-6-12(14)11(7-10)13(16)17/h5-7,9,16-17H,4,8H2,1-3H3. The third-order valence-corrected chi connectivity index (χ3v) is 3.11. The molecule has 1 aromatic carbocycles. The molecule has 1 atom stereocenters. The van der Waals surface area contributed by atoms with E-state index in [1.54, 1.807) is 6.07 Å². The predicted molar refractivity (Wildman–Crippen MR) is 67.4 cm³/mol. The van der Waals surface area contributed by atoms with Gasteiger partial charge in [-0.05, 0) is 32.0 Å². The molecule has 0 aliphatic heterocycles. The van der Waals surface area contributed by atoms with E-state index in [0.29, 0.717) is 12.6 Å². The van der Waals surface area contributed by atoms with E-state index in [4.69, 9.17) is 10.0 Å². The summed E-state index contributed by atoms with van der Waals surface area (Å²) in [7, 11) is 0.232. The molecule has 2 N–H and O–H groups in total. The summed E-state index contributed by atoms with van der Waals surface area (Å²) in [4.78, 5) is 2.14. The Kier molecular flexibility index (Phi) is 5.12. The molecule has 0 aromatic heterocycles. The molecular weight excluding hydrogens is 220 g/mol. The lowest BCUT2D eigenvalue weighted by Gasteiger charge is -2.23. The van der Waals surface area contributed by atoms with Crippen LogP contribution in [0.3, 0.4) is 0 Å². The summed E-state index contributed by atoms with van der Waals surface area (Å²) in [6.07, 6.45) is 1.03. The van der Waals surface area contributed by atoms with E-state index in [1.165, 1.54) is 12.1 Å². The Morgan fingerprint density at radius 2 is 2.06 bits per heavy atom. The molecule has 5 heteroatoms. The summed E-state index contributed by atoms with van der Waals surface area (Å²) in [5, 5.41) is 18.0. The molecule has 0 saturated carbocycles. The van der Waals surface area contributed by atoms with Crippen molar-refractivity contribution in [3.05, 3.63) is 29.6 Å². The Bertz CT molecular complexity index is 374. The molecule has 17 heavy (non-hydrogen) atoms. The summed E-state index contributed by atoms with van der Waals surface area (Å²) < 4.78 is 13.2. The SMILES string of the molecule is CCC(C)N(C)Cc1ccc(F)c(B(O)O)c1. The lowest BCUT2D eigenvalue weighted by atomic mass is 9.79. The zero-order chi connectivity index (χ0) is 13.0. The fraction of sp³-hybridized carbons (Fsp3) is 0.500. The molecule has 1 unspecified atom stereocenters. The van der Waals surface area contributed by atoms with Gasteiger partial charge in [0.2, 0.25) is 0 Å². The van der Waals surface area contributed by atoms with Crippen molar-refractivity contribution in [1.82, 2.24) is 4.90 Å². The van der Waals surface area contributed by atoms with E-state index < -0.39 is 12.9 Å². The van der Waals surface area contributed by atoms with Crippen LogP contribution in [0.25, 0.3) is 0 Å². The number of halogens is 1. The van der Waals surface area contributed by atoms with Crippen LogP contribution in [0.1, 0.15) is 25.8 Å². The highest BCUT2D eigenvalue weighted by atomic mass is 19.1. The highest BCUT2D eigenvalue weighted by molar-refractivity contribution is 6.58. The van der Waals surface area contributed by atoms with E-state index in [2.05, 4.69) is 18.7 Å². The number of hydrogen-bond donors (Lipinski definition) is 2. The zero-order valence-corrected chi connectivity index (χ0v) is 10.5. The van der Waals surface area contributed by atoms with E-state index >= 15 is 0 Å². The third-order valence-electron chi connectivity index (χ3n) is 3.11. The monoisotopic (exact) mass is 239 g/mol. The van der Waals surface area contributed by atoms with Gasteiger partial charge in [-0.2, -0.15) is 0 Å². The van der Waals surface area contributed by atoms with Crippen LogP contribution in [0.15, 0.2) is 18.2 Å². The summed E-state index contributed by atoms with van der Waals surface area (Å²) in [5.74, 6) is -0.588. The average molecular weight is 239 g/mol. The van der Waals surface area contributed by atoms with Gasteiger partial charge in [0.15, 0.2) is 0 Å². The molecule has 3 nitrogen and oxygen atoms in total. The molecule has 94 valence electrons. The van der Waals surface area contributed by atoms with Crippen LogP contribution in [-0.2, 0) is 6.54 Å². The van der Waals surface area contributed by atoms with E-state index in [1.807, 2.05) is 7.05 Å². The van der Waals surface area contributed by atoms with Crippen molar-refractivity contribution in [2.75, 3.05) is 7.05 Å². The number of rotatable bonds is 5. The van der Waals surface area contributed by atoms with E-state index in [-0.39, 0.29) is 5.46 Å². The highest BCUT2D eigenvalue weighted by Crippen LogP contribution is 2.08. The molecule has 0 radical (unpaired) electrons. The normalized spacial score (nSPS) is 12.9. The fourth-order valence-corrected chi connectivity index (χ4v) is 1.64. The first-order chi connectivity index (χ1) is 7.95. The predicted octanol–water partition coefficient (Wildman–Crippen LogP) is 0.736. The van der Waals surface area contributed by atoms with Gasteiger partial charge in [0.25, 0.3) is 0 Å². The topological polar surface area (TPSA) is 43.7 Å². The minimum Gasteiger partial charge on any atom is -0.423 e. The molecule has 0 spiro atoms. The Hall–Kier alpha value is -0.905.